The van der Waals surface area contributed by atoms with E-state index in [-0.39, 0.29) is 23.5 Å². The number of allylic oxidation sites excluding steroid dienone is 1. The van der Waals surface area contributed by atoms with E-state index in [1.54, 1.807) is 0 Å². The van der Waals surface area contributed by atoms with Crippen molar-refractivity contribution in [3.05, 3.63) is 101 Å². The molecule has 5 nitrogen and oxygen atoms in total. The summed E-state index contributed by atoms with van der Waals surface area (Å²) in [5, 5.41) is 3.57. The molecule has 2 aliphatic rings. The molecule has 1 N–H and O–H groups in total. The van der Waals surface area contributed by atoms with Gasteiger partial charge in [-0.15, -0.1) is 0 Å². The lowest BCUT2D eigenvalue weighted by molar-refractivity contribution is -0.119. The van der Waals surface area contributed by atoms with Crippen LogP contribution in [0.1, 0.15) is 50.8 Å². The van der Waals surface area contributed by atoms with Gasteiger partial charge in [0.05, 0.1) is 30.4 Å². The van der Waals surface area contributed by atoms with Gasteiger partial charge in [0.25, 0.3) is 0 Å². The number of Topliss-reactive ketones (excluding diaryl/α,β-unsaturated/α-hetero) is 1. The summed E-state index contributed by atoms with van der Waals surface area (Å²) >= 11 is 0. The van der Waals surface area contributed by atoms with Gasteiger partial charge in [-0.1, -0.05) is 68.4 Å². The van der Waals surface area contributed by atoms with Crippen molar-refractivity contribution < 1.29 is 14.3 Å². The Hall–Kier alpha value is -3.86. The molecule has 0 spiro atoms. The summed E-state index contributed by atoms with van der Waals surface area (Å²) in [6, 6.07) is 24.8. The fourth-order valence-corrected chi connectivity index (χ4v) is 5.35. The van der Waals surface area contributed by atoms with E-state index in [9.17, 15) is 9.59 Å². The second kappa shape index (κ2) is 9.65. The first-order valence-corrected chi connectivity index (χ1v) is 12.6. The highest BCUT2D eigenvalue weighted by atomic mass is 16.5. The SMILES string of the molecule is CCOc1ccc(C2C3=C(CC(C)(C)CC3=O)Nc3ccccc3N2C(=O)Cc2ccccc2)cc1. The molecular formula is C31H32N2O3. The van der Waals surface area contributed by atoms with Crippen LogP contribution in [0.3, 0.4) is 0 Å². The van der Waals surface area contributed by atoms with Crippen LogP contribution in [0.4, 0.5) is 11.4 Å². The van der Waals surface area contributed by atoms with Crippen LogP contribution in [0.5, 0.6) is 5.75 Å². The van der Waals surface area contributed by atoms with Crippen LogP contribution in [-0.2, 0) is 16.0 Å². The zero-order valence-corrected chi connectivity index (χ0v) is 21.1. The Morgan fingerprint density at radius 2 is 1.67 bits per heavy atom. The molecule has 0 bridgehead atoms. The number of hydrogen-bond acceptors (Lipinski definition) is 4. The van der Waals surface area contributed by atoms with Crippen molar-refractivity contribution in [2.75, 3.05) is 16.8 Å². The predicted molar refractivity (Wildman–Crippen MR) is 143 cm³/mol. The van der Waals surface area contributed by atoms with E-state index in [0.717, 1.165) is 40.4 Å². The van der Waals surface area contributed by atoms with E-state index in [1.165, 1.54) is 0 Å². The molecule has 1 aliphatic heterocycles. The lowest BCUT2D eigenvalue weighted by Crippen LogP contribution is -2.40. The standard InChI is InChI=1S/C31H32N2O3/c1-4-36-23-16-14-22(15-17-23)30-29-25(19-31(2,3)20-27(29)34)32-24-12-8-9-13-26(24)33(30)28(35)18-21-10-6-5-7-11-21/h5-17,30,32H,4,18-20H2,1-3H3. The number of anilines is 2. The lowest BCUT2D eigenvalue weighted by Gasteiger charge is -2.37. The molecular weight excluding hydrogens is 448 g/mol. The van der Waals surface area contributed by atoms with Gasteiger partial charge in [0.1, 0.15) is 5.75 Å². The monoisotopic (exact) mass is 480 g/mol. The zero-order chi connectivity index (χ0) is 25.3. The third kappa shape index (κ3) is 4.66. The molecule has 1 heterocycles. The molecule has 3 aromatic rings. The number of nitrogens with one attached hydrogen (secondary N) is 1. The Labute approximate surface area is 212 Å². The van der Waals surface area contributed by atoms with Crippen LogP contribution in [0.15, 0.2) is 90.1 Å². The summed E-state index contributed by atoms with van der Waals surface area (Å²) in [5.41, 5.74) is 4.85. The molecule has 1 atom stereocenters. The highest BCUT2D eigenvalue weighted by molar-refractivity contribution is 6.06. The van der Waals surface area contributed by atoms with Gasteiger partial charge in [-0.3, -0.25) is 14.5 Å². The van der Waals surface area contributed by atoms with Crippen molar-refractivity contribution in [1.82, 2.24) is 0 Å². The summed E-state index contributed by atoms with van der Waals surface area (Å²) in [4.78, 5) is 29.7. The minimum Gasteiger partial charge on any atom is -0.494 e. The summed E-state index contributed by atoms with van der Waals surface area (Å²) in [5.74, 6) is 0.791. The van der Waals surface area contributed by atoms with Crippen LogP contribution in [-0.4, -0.2) is 18.3 Å². The van der Waals surface area contributed by atoms with E-state index < -0.39 is 6.04 Å². The minimum absolute atomic E-state index is 0.0549. The number of nitrogens with zero attached hydrogens (tertiary/aromatic N) is 1. The Kier molecular flexibility index (Phi) is 6.40. The van der Waals surface area contributed by atoms with E-state index in [4.69, 9.17) is 4.74 Å². The third-order valence-corrected chi connectivity index (χ3v) is 6.87. The number of ether oxygens (including phenoxy) is 1. The van der Waals surface area contributed by atoms with E-state index in [2.05, 4.69) is 19.2 Å². The topological polar surface area (TPSA) is 58.6 Å². The molecule has 0 radical (unpaired) electrons. The maximum absolute atomic E-state index is 14.1. The average molecular weight is 481 g/mol. The molecule has 0 fully saturated rings. The lowest BCUT2D eigenvalue weighted by atomic mass is 9.73. The van der Waals surface area contributed by atoms with Gasteiger partial charge in [0.15, 0.2) is 5.78 Å². The molecule has 36 heavy (non-hydrogen) atoms. The van der Waals surface area contributed by atoms with Crippen LogP contribution >= 0.6 is 0 Å². The fraction of sp³-hybridized carbons (Fsp3) is 0.290. The zero-order valence-electron chi connectivity index (χ0n) is 21.1. The smallest absolute Gasteiger partial charge is 0.232 e. The molecule has 0 aromatic heterocycles. The number of carbonyl (C=O) groups is 2. The van der Waals surface area contributed by atoms with Gasteiger partial charge in [0.2, 0.25) is 5.91 Å². The third-order valence-electron chi connectivity index (χ3n) is 6.87. The first-order chi connectivity index (χ1) is 17.4. The average Bonchev–Trinajstić information content (AvgIpc) is 2.99. The number of benzene rings is 3. The number of amides is 1. The molecule has 0 saturated carbocycles. The Bertz CT molecular complexity index is 1310. The van der Waals surface area contributed by atoms with Gasteiger partial charge < -0.3 is 10.1 Å². The number of fused-ring (bicyclic) bond motifs is 1. The van der Waals surface area contributed by atoms with Crippen LogP contribution in [0.25, 0.3) is 0 Å². The van der Waals surface area contributed by atoms with Crippen molar-refractivity contribution in [3.8, 4) is 5.75 Å². The van der Waals surface area contributed by atoms with Crippen molar-refractivity contribution >= 4 is 23.1 Å². The normalized spacial score (nSPS) is 18.6. The first kappa shape index (κ1) is 23.9. The Balaban J connectivity index is 1.70. The number of ketones is 1. The molecule has 184 valence electrons. The molecule has 3 aromatic carbocycles. The Morgan fingerprint density at radius 1 is 0.972 bits per heavy atom. The number of rotatable bonds is 5. The molecule has 5 rings (SSSR count). The summed E-state index contributed by atoms with van der Waals surface area (Å²) in [6.45, 7) is 6.77. The van der Waals surface area contributed by atoms with Gasteiger partial charge >= 0.3 is 0 Å². The quantitative estimate of drug-likeness (QED) is 0.455. The summed E-state index contributed by atoms with van der Waals surface area (Å²) in [7, 11) is 0. The summed E-state index contributed by atoms with van der Waals surface area (Å²) < 4.78 is 5.67. The van der Waals surface area contributed by atoms with Crippen LogP contribution in [0.2, 0.25) is 0 Å². The molecule has 0 saturated heterocycles. The van der Waals surface area contributed by atoms with Gasteiger partial charge in [-0.25, -0.2) is 0 Å². The maximum atomic E-state index is 14.1. The second-order valence-electron chi connectivity index (χ2n) is 10.3. The van der Waals surface area contributed by atoms with Crippen molar-refractivity contribution in [2.45, 2.75) is 46.1 Å². The van der Waals surface area contributed by atoms with Crippen molar-refractivity contribution in [2.24, 2.45) is 5.41 Å². The van der Waals surface area contributed by atoms with E-state index in [0.29, 0.717) is 18.6 Å². The number of hydrogen-bond donors (Lipinski definition) is 1. The highest BCUT2D eigenvalue weighted by Crippen LogP contribution is 2.48. The maximum Gasteiger partial charge on any atom is 0.232 e. The minimum atomic E-state index is -0.536. The van der Waals surface area contributed by atoms with Gasteiger partial charge in [-0.05, 0) is 54.2 Å². The van der Waals surface area contributed by atoms with Gasteiger partial charge in [-0.2, -0.15) is 0 Å². The fourth-order valence-electron chi connectivity index (χ4n) is 5.35. The predicted octanol–water partition coefficient (Wildman–Crippen LogP) is 6.47. The van der Waals surface area contributed by atoms with E-state index in [1.807, 2.05) is 90.7 Å². The second-order valence-corrected chi connectivity index (χ2v) is 10.3. The van der Waals surface area contributed by atoms with E-state index >= 15 is 0 Å². The largest absolute Gasteiger partial charge is 0.494 e. The van der Waals surface area contributed by atoms with Crippen LogP contribution < -0.4 is 15.0 Å². The van der Waals surface area contributed by atoms with Crippen LogP contribution in [0, 0.1) is 5.41 Å². The highest BCUT2D eigenvalue weighted by Gasteiger charge is 2.43. The Morgan fingerprint density at radius 3 is 2.39 bits per heavy atom. The molecule has 1 amide bonds. The molecule has 5 heteroatoms. The number of carbonyl (C=O) groups excluding carboxylic acids is 2. The summed E-state index contributed by atoms with van der Waals surface area (Å²) in [6.07, 6.45) is 1.42. The van der Waals surface area contributed by atoms with Crippen molar-refractivity contribution in [3.63, 3.8) is 0 Å². The molecule has 1 aliphatic carbocycles. The van der Waals surface area contributed by atoms with Gasteiger partial charge in [0, 0.05) is 17.7 Å². The first-order valence-electron chi connectivity index (χ1n) is 12.6. The molecule has 1 unspecified atom stereocenters. The van der Waals surface area contributed by atoms with Crippen molar-refractivity contribution in [1.29, 1.82) is 0 Å². The number of para-hydroxylation sites is 2.